The van der Waals surface area contributed by atoms with Crippen molar-refractivity contribution in [2.45, 2.75) is 37.8 Å². The van der Waals surface area contributed by atoms with Gasteiger partial charge in [0.05, 0.1) is 18.7 Å². The Morgan fingerprint density at radius 1 is 1.42 bits per heavy atom. The number of amides is 1. The van der Waals surface area contributed by atoms with Gasteiger partial charge in [0, 0.05) is 6.54 Å². The number of rotatable bonds is 5. The van der Waals surface area contributed by atoms with Gasteiger partial charge in [0.25, 0.3) is 0 Å². The van der Waals surface area contributed by atoms with Gasteiger partial charge in [-0.3, -0.25) is 4.79 Å². The zero-order chi connectivity index (χ0) is 13.7. The lowest BCUT2D eigenvalue weighted by molar-refractivity contribution is -0.134. The van der Waals surface area contributed by atoms with Gasteiger partial charge in [-0.25, -0.2) is 0 Å². The van der Waals surface area contributed by atoms with Crippen molar-refractivity contribution >= 4 is 5.91 Å². The van der Waals surface area contributed by atoms with Gasteiger partial charge >= 0.3 is 0 Å². The van der Waals surface area contributed by atoms with E-state index in [-0.39, 0.29) is 18.6 Å². The van der Waals surface area contributed by atoms with Gasteiger partial charge in [-0.1, -0.05) is 30.3 Å². The van der Waals surface area contributed by atoms with Crippen LogP contribution >= 0.6 is 0 Å². The molecular formula is C15H22N2O2. The molecule has 1 aliphatic rings. The van der Waals surface area contributed by atoms with Crippen molar-refractivity contribution in [3.05, 3.63) is 35.9 Å². The van der Waals surface area contributed by atoms with E-state index in [1.165, 1.54) is 5.56 Å². The lowest BCUT2D eigenvalue weighted by atomic mass is 10.0. The highest BCUT2D eigenvalue weighted by Gasteiger charge is 2.30. The van der Waals surface area contributed by atoms with E-state index in [4.69, 9.17) is 5.73 Å². The van der Waals surface area contributed by atoms with Crippen molar-refractivity contribution in [1.29, 1.82) is 0 Å². The summed E-state index contributed by atoms with van der Waals surface area (Å²) in [6.07, 6.45) is 3.30. The van der Waals surface area contributed by atoms with Gasteiger partial charge in [-0.15, -0.1) is 0 Å². The summed E-state index contributed by atoms with van der Waals surface area (Å²) in [7, 11) is 0. The van der Waals surface area contributed by atoms with Gasteiger partial charge in [-0.05, 0) is 31.2 Å². The molecule has 0 aromatic heterocycles. The first-order chi connectivity index (χ1) is 9.22. The Morgan fingerprint density at radius 2 is 2.16 bits per heavy atom. The van der Waals surface area contributed by atoms with Crippen LogP contribution in [-0.2, 0) is 11.2 Å². The van der Waals surface area contributed by atoms with Crippen molar-refractivity contribution in [3.8, 4) is 0 Å². The first-order valence-electron chi connectivity index (χ1n) is 6.93. The average molecular weight is 262 g/mol. The molecule has 0 saturated carbocycles. The Balaban J connectivity index is 1.85. The molecule has 1 aromatic rings. The highest BCUT2D eigenvalue weighted by atomic mass is 16.3. The number of nitrogens with zero attached hydrogens (tertiary/aromatic N) is 1. The SMILES string of the molecule is N[C@@H](CCc1ccccc1)C(=O)N1CCC[C@@H]1CO. The number of likely N-dealkylation sites (tertiary alicyclic amines) is 1. The van der Waals surface area contributed by atoms with Crippen LogP contribution in [0.1, 0.15) is 24.8 Å². The van der Waals surface area contributed by atoms with Gasteiger partial charge < -0.3 is 15.7 Å². The largest absolute Gasteiger partial charge is 0.394 e. The van der Waals surface area contributed by atoms with E-state index in [0.29, 0.717) is 6.42 Å². The van der Waals surface area contributed by atoms with E-state index in [1.807, 2.05) is 30.3 Å². The molecule has 2 rings (SSSR count). The molecule has 0 aliphatic carbocycles. The Labute approximate surface area is 114 Å². The number of aliphatic hydroxyl groups is 1. The summed E-state index contributed by atoms with van der Waals surface area (Å²) in [5, 5.41) is 9.24. The number of aliphatic hydroxyl groups excluding tert-OH is 1. The molecule has 1 aliphatic heterocycles. The maximum absolute atomic E-state index is 12.2. The molecule has 0 unspecified atom stereocenters. The summed E-state index contributed by atoms with van der Waals surface area (Å²) in [6.45, 7) is 0.764. The molecular weight excluding hydrogens is 240 g/mol. The molecule has 2 atom stereocenters. The van der Waals surface area contributed by atoms with Crippen LogP contribution in [0.25, 0.3) is 0 Å². The van der Waals surface area contributed by atoms with Crippen molar-refractivity contribution in [2.24, 2.45) is 5.73 Å². The van der Waals surface area contributed by atoms with E-state index in [9.17, 15) is 9.90 Å². The van der Waals surface area contributed by atoms with Crippen molar-refractivity contribution in [2.75, 3.05) is 13.2 Å². The maximum Gasteiger partial charge on any atom is 0.239 e. The van der Waals surface area contributed by atoms with E-state index < -0.39 is 6.04 Å². The monoisotopic (exact) mass is 262 g/mol. The molecule has 1 amide bonds. The van der Waals surface area contributed by atoms with Crippen LogP contribution in [0.2, 0.25) is 0 Å². The summed E-state index contributed by atoms with van der Waals surface area (Å²) in [5.74, 6) is -0.0209. The Kier molecular flexibility index (Phi) is 4.93. The minimum atomic E-state index is -0.465. The fraction of sp³-hybridized carbons (Fsp3) is 0.533. The summed E-state index contributed by atoms with van der Waals surface area (Å²) >= 11 is 0. The third kappa shape index (κ3) is 3.55. The number of benzene rings is 1. The molecule has 4 nitrogen and oxygen atoms in total. The maximum atomic E-state index is 12.2. The molecule has 0 bridgehead atoms. The van der Waals surface area contributed by atoms with Crippen LogP contribution in [0.15, 0.2) is 30.3 Å². The molecule has 1 aromatic carbocycles. The molecule has 1 fully saturated rings. The topological polar surface area (TPSA) is 66.6 Å². The van der Waals surface area contributed by atoms with Gasteiger partial charge in [0.15, 0.2) is 0 Å². The Bertz CT molecular complexity index is 408. The van der Waals surface area contributed by atoms with Crippen LogP contribution in [0.3, 0.4) is 0 Å². The first-order valence-corrected chi connectivity index (χ1v) is 6.93. The van der Waals surface area contributed by atoms with Gasteiger partial charge in [0.1, 0.15) is 0 Å². The molecule has 0 radical (unpaired) electrons. The summed E-state index contributed by atoms with van der Waals surface area (Å²) < 4.78 is 0. The van der Waals surface area contributed by atoms with Crippen molar-refractivity contribution in [3.63, 3.8) is 0 Å². The second-order valence-corrected chi connectivity index (χ2v) is 5.14. The van der Waals surface area contributed by atoms with E-state index >= 15 is 0 Å². The number of carbonyl (C=O) groups is 1. The zero-order valence-corrected chi connectivity index (χ0v) is 11.2. The number of aryl methyl sites for hydroxylation is 1. The van der Waals surface area contributed by atoms with E-state index in [1.54, 1.807) is 4.90 Å². The second kappa shape index (κ2) is 6.68. The lowest BCUT2D eigenvalue weighted by Crippen LogP contribution is -2.47. The predicted molar refractivity (Wildman–Crippen MR) is 74.6 cm³/mol. The van der Waals surface area contributed by atoms with E-state index in [2.05, 4.69) is 0 Å². The smallest absolute Gasteiger partial charge is 0.239 e. The molecule has 3 N–H and O–H groups in total. The highest BCUT2D eigenvalue weighted by Crippen LogP contribution is 2.18. The molecule has 104 valence electrons. The minimum absolute atomic E-state index is 0.0209. The molecule has 1 heterocycles. The summed E-state index contributed by atoms with van der Waals surface area (Å²) in [4.78, 5) is 14.0. The molecule has 19 heavy (non-hydrogen) atoms. The van der Waals surface area contributed by atoms with Crippen LogP contribution in [-0.4, -0.2) is 41.1 Å². The fourth-order valence-corrected chi connectivity index (χ4v) is 2.62. The van der Waals surface area contributed by atoms with Gasteiger partial charge in [0.2, 0.25) is 5.91 Å². The number of hydrogen-bond donors (Lipinski definition) is 2. The van der Waals surface area contributed by atoms with Crippen LogP contribution in [0.5, 0.6) is 0 Å². The third-order valence-corrected chi connectivity index (χ3v) is 3.78. The Hall–Kier alpha value is -1.39. The highest BCUT2D eigenvalue weighted by molar-refractivity contribution is 5.82. The molecule has 1 saturated heterocycles. The van der Waals surface area contributed by atoms with E-state index in [0.717, 1.165) is 25.8 Å². The zero-order valence-electron chi connectivity index (χ0n) is 11.2. The molecule has 4 heteroatoms. The van der Waals surface area contributed by atoms with Crippen LogP contribution in [0.4, 0.5) is 0 Å². The average Bonchev–Trinajstić information content (AvgIpc) is 2.93. The lowest BCUT2D eigenvalue weighted by Gasteiger charge is -2.26. The minimum Gasteiger partial charge on any atom is -0.394 e. The Morgan fingerprint density at radius 3 is 2.84 bits per heavy atom. The van der Waals surface area contributed by atoms with Crippen LogP contribution in [0, 0.1) is 0 Å². The van der Waals surface area contributed by atoms with Crippen LogP contribution < -0.4 is 5.73 Å². The van der Waals surface area contributed by atoms with Crippen molar-refractivity contribution in [1.82, 2.24) is 4.90 Å². The summed E-state index contributed by atoms with van der Waals surface area (Å²) in [6, 6.07) is 9.55. The fourth-order valence-electron chi connectivity index (χ4n) is 2.62. The number of carbonyl (C=O) groups excluding carboxylic acids is 1. The molecule has 0 spiro atoms. The van der Waals surface area contributed by atoms with Gasteiger partial charge in [-0.2, -0.15) is 0 Å². The van der Waals surface area contributed by atoms with Crippen molar-refractivity contribution < 1.29 is 9.90 Å². The predicted octanol–water partition coefficient (Wildman–Crippen LogP) is 0.930. The number of nitrogens with two attached hydrogens (primary N) is 1. The standard InChI is InChI=1S/C15H22N2O2/c16-14(9-8-12-5-2-1-3-6-12)15(19)17-10-4-7-13(17)11-18/h1-3,5-6,13-14,18H,4,7-11,16H2/t13-,14+/m1/s1. The quantitative estimate of drug-likeness (QED) is 0.829. The normalized spacial score (nSPS) is 20.5. The second-order valence-electron chi connectivity index (χ2n) is 5.14. The summed E-state index contributed by atoms with van der Waals surface area (Å²) in [5.41, 5.74) is 7.19. The third-order valence-electron chi connectivity index (χ3n) is 3.78. The first kappa shape index (κ1) is 14.0. The number of hydrogen-bond acceptors (Lipinski definition) is 3.